The maximum absolute atomic E-state index is 11.4. The van der Waals surface area contributed by atoms with Crippen LogP contribution in [0.1, 0.15) is 31.0 Å². The molecule has 5 heteroatoms. The number of aromatic amines is 1. The van der Waals surface area contributed by atoms with Gasteiger partial charge in [0.2, 0.25) is 0 Å². The number of hydrogen-bond donors (Lipinski definition) is 2. The highest BCUT2D eigenvalue weighted by atomic mass is 16.1. The molecule has 0 saturated heterocycles. The zero-order valence-corrected chi connectivity index (χ0v) is 8.42. The summed E-state index contributed by atoms with van der Waals surface area (Å²) in [6.07, 6.45) is 3.59. The highest BCUT2D eigenvalue weighted by molar-refractivity contribution is 4.98. The minimum Gasteiger partial charge on any atom is -0.318 e. The fourth-order valence-corrected chi connectivity index (χ4v) is 1.61. The standard InChI is InChI=1S/C9H16N4O/c1-10-5-6-13-9(14)11-8(12-13)7-3-2-4-7/h7,10H,2-6H2,1H3,(H,11,12,14). The van der Waals surface area contributed by atoms with E-state index in [1.165, 1.54) is 23.9 Å². The lowest BCUT2D eigenvalue weighted by Crippen LogP contribution is -2.24. The first-order valence-electron chi connectivity index (χ1n) is 5.13. The van der Waals surface area contributed by atoms with E-state index >= 15 is 0 Å². The van der Waals surface area contributed by atoms with E-state index in [2.05, 4.69) is 15.4 Å². The van der Waals surface area contributed by atoms with E-state index in [9.17, 15) is 4.79 Å². The SMILES string of the molecule is CNCCn1nc(C2CCC2)[nH]c1=O. The predicted molar refractivity (Wildman–Crippen MR) is 53.4 cm³/mol. The molecule has 1 saturated carbocycles. The van der Waals surface area contributed by atoms with Crippen molar-refractivity contribution in [1.82, 2.24) is 20.1 Å². The molecule has 2 rings (SSSR count). The average molecular weight is 196 g/mol. The molecule has 1 aliphatic carbocycles. The maximum Gasteiger partial charge on any atom is 0.343 e. The lowest BCUT2D eigenvalue weighted by molar-refractivity contribution is 0.398. The van der Waals surface area contributed by atoms with Crippen LogP contribution < -0.4 is 11.0 Å². The van der Waals surface area contributed by atoms with E-state index < -0.39 is 0 Å². The summed E-state index contributed by atoms with van der Waals surface area (Å²) in [5, 5.41) is 7.27. The van der Waals surface area contributed by atoms with Crippen LogP contribution in [0, 0.1) is 0 Å². The third-order valence-electron chi connectivity index (χ3n) is 2.76. The van der Waals surface area contributed by atoms with E-state index in [0.29, 0.717) is 12.5 Å². The molecular weight excluding hydrogens is 180 g/mol. The molecule has 0 unspecified atom stereocenters. The van der Waals surface area contributed by atoms with Crippen LogP contribution in [0.15, 0.2) is 4.79 Å². The van der Waals surface area contributed by atoms with Crippen molar-refractivity contribution in [3.05, 3.63) is 16.3 Å². The van der Waals surface area contributed by atoms with Crippen molar-refractivity contribution >= 4 is 0 Å². The second-order valence-electron chi connectivity index (χ2n) is 3.77. The Morgan fingerprint density at radius 1 is 1.64 bits per heavy atom. The van der Waals surface area contributed by atoms with Crippen LogP contribution >= 0.6 is 0 Å². The molecule has 2 N–H and O–H groups in total. The second-order valence-corrected chi connectivity index (χ2v) is 3.77. The number of rotatable bonds is 4. The van der Waals surface area contributed by atoms with Gasteiger partial charge in [-0.1, -0.05) is 6.42 Å². The van der Waals surface area contributed by atoms with Gasteiger partial charge in [0.15, 0.2) is 0 Å². The molecule has 0 atom stereocenters. The zero-order chi connectivity index (χ0) is 9.97. The molecule has 0 radical (unpaired) electrons. The van der Waals surface area contributed by atoms with Gasteiger partial charge in [-0.3, -0.25) is 4.98 Å². The van der Waals surface area contributed by atoms with Gasteiger partial charge in [0, 0.05) is 12.5 Å². The van der Waals surface area contributed by atoms with Gasteiger partial charge in [-0.15, -0.1) is 0 Å². The number of nitrogens with zero attached hydrogens (tertiary/aromatic N) is 2. The number of H-pyrrole nitrogens is 1. The first-order chi connectivity index (χ1) is 6.81. The summed E-state index contributed by atoms with van der Waals surface area (Å²) >= 11 is 0. The normalized spacial score (nSPS) is 16.9. The van der Waals surface area contributed by atoms with Crippen molar-refractivity contribution in [2.45, 2.75) is 31.7 Å². The first kappa shape index (κ1) is 9.45. The molecule has 0 bridgehead atoms. The average Bonchev–Trinajstić information content (AvgIpc) is 2.40. The van der Waals surface area contributed by atoms with Gasteiger partial charge < -0.3 is 5.32 Å². The van der Waals surface area contributed by atoms with Crippen LogP contribution in [0.4, 0.5) is 0 Å². The Bertz CT molecular complexity index is 350. The molecule has 1 aromatic rings. The number of aromatic nitrogens is 3. The van der Waals surface area contributed by atoms with E-state index in [4.69, 9.17) is 0 Å². The molecule has 1 aromatic heterocycles. The topological polar surface area (TPSA) is 62.7 Å². The summed E-state index contributed by atoms with van der Waals surface area (Å²) in [7, 11) is 1.87. The summed E-state index contributed by atoms with van der Waals surface area (Å²) in [4.78, 5) is 14.2. The molecule has 0 aromatic carbocycles. The number of nitrogens with one attached hydrogen (secondary N) is 2. The van der Waals surface area contributed by atoms with Crippen molar-refractivity contribution < 1.29 is 0 Å². The van der Waals surface area contributed by atoms with Crippen molar-refractivity contribution in [2.24, 2.45) is 0 Å². The van der Waals surface area contributed by atoms with Crippen molar-refractivity contribution in [3.8, 4) is 0 Å². The van der Waals surface area contributed by atoms with Gasteiger partial charge >= 0.3 is 5.69 Å². The third kappa shape index (κ3) is 1.72. The summed E-state index contributed by atoms with van der Waals surface area (Å²) in [5.74, 6) is 1.37. The van der Waals surface area contributed by atoms with Crippen molar-refractivity contribution in [2.75, 3.05) is 13.6 Å². The fourth-order valence-electron chi connectivity index (χ4n) is 1.61. The number of hydrogen-bond acceptors (Lipinski definition) is 3. The van der Waals surface area contributed by atoms with Crippen LogP contribution in [0.5, 0.6) is 0 Å². The Morgan fingerprint density at radius 3 is 3.00 bits per heavy atom. The zero-order valence-electron chi connectivity index (χ0n) is 8.42. The lowest BCUT2D eigenvalue weighted by Gasteiger charge is -2.22. The van der Waals surface area contributed by atoms with Crippen LogP contribution in [-0.4, -0.2) is 28.4 Å². The molecule has 5 nitrogen and oxygen atoms in total. The van der Waals surface area contributed by atoms with Gasteiger partial charge in [-0.25, -0.2) is 9.48 Å². The van der Waals surface area contributed by atoms with Gasteiger partial charge in [0.05, 0.1) is 6.54 Å². The fraction of sp³-hybridized carbons (Fsp3) is 0.778. The molecule has 1 fully saturated rings. The predicted octanol–water partition coefficient (Wildman–Crippen LogP) is 0.0583. The van der Waals surface area contributed by atoms with Crippen LogP contribution in [-0.2, 0) is 6.54 Å². The Labute approximate surface area is 82.5 Å². The molecule has 1 aliphatic rings. The summed E-state index contributed by atoms with van der Waals surface area (Å²) in [5.41, 5.74) is -0.0813. The first-order valence-corrected chi connectivity index (χ1v) is 5.13. The second kappa shape index (κ2) is 3.96. The Balaban J connectivity index is 2.08. The van der Waals surface area contributed by atoms with Crippen molar-refractivity contribution in [1.29, 1.82) is 0 Å². The lowest BCUT2D eigenvalue weighted by atomic mass is 9.85. The monoisotopic (exact) mass is 196 g/mol. The van der Waals surface area contributed by atoms with Gasteiger partial charge in [-0.2, -0.15) is 5.10 Å². The van der Waals surface area contributed by atoms with Crippen LogP contribution in [0.2, 0.25) is 0 Å². The van der Waals surface area contributed by atoms with Gasteiger partial charge in [0.25, 0.3) is 0 Å². The molecule has 78 valence electrons. The van der Waals surface area contributed by atoms with Crippen LogP contribution in [0.25, 0.3) is 0 Å². The van der Waals surface area contributed by atoms with E-state index in [1.807, 2.05) is 7.05 Å². The van der Waals surface area contributed by atoms with E-state index in [1.54, 1.807) is 0 Å². The van der Waals surface area contributed by atoms with Gasteiger partial charge in [-0.05, 0) is 19.9 Å². The molecule has 0 spiro atoms. The Morgan fingerprint density at radius 2 is 2.43 bits per heavy atom. The van der Waals surface area contributed by atoms with Crippen molar-refractivity contribution in [3.63, 3.8) is 0 Å². The summed E-state index contributed by atoms with van der Waals surface area (Å²) in [6.45, 7) is 1.41. The highest BCUT2D eigenvalue weighted by Gasteiger charge is 2.23. The maximum atomic E-state index is 11.4. The van der Waals surface area contributed by atoms with Crippen LogP contribution in [0.3, 0.4) is 0 Å². The highest BCUT2D eigenvalue weighted by Crippen LogP contribution is 2.33. The summed E-state index contributed by atoms with van der Waals surface area (Å²) in [6, 6.07) is 0. The minimum absolute atomic E-state index is 0.0813. The minimum atomic E-state index is -0.0813. The molecule has 1 heterocycles. The smallest absolute Gasteiger partial charge is 0.318 e. The molecule has 0 aliphatic heterocycles. The van der Waals surface area contributed by atoms with Gasteiger partial charge in [0.1, 0.15) is 5.82 Å². The quantitative estimate of drug-likeness (QED) is 0.715. The Hall–Kier alpha value is -1.10. The number of likely N-dealkylation sites (N-methyl/N-ethyl adjacent to an activating group) is 1. The van der Waals surface area contributed by atoms with E-state index in [0.717, 1.165) is 12.4 Å². The Kier molecular flexibility index (Phi) is 2.67. The summed E-state index contributed by atoms with van der Waals surface area (Å²) < 4.78 is 1.50. The molecule has 14 heavy (non-hydrogen) atoms. The van der Waals surface area contributed by atoms with E-state index in [-0.39, 0.29) is 5.69 Å². The molecule has 0 amide bonds. The largest absolute Gasteiger partial charge is 0.343 e. The molecular formula is C9H16N4O. The third-order valence-corrected chi connectivity index (χ3v) is 2.76.